The third-order valence-electron chi connectivity index (χ3n) is 12.8. The molecular formula is C59H50N4O. The Morgan fingerprint density at radius 3 is 2.06 bits per heavy atom. The van der Waals surface area contributed by atoms with Crippen molar-refractivity contribution in [2.45, 2.75) is 58.8 Å². The quantitative estimate of drug-likeness (QED) is 0.119. The molecule has 5 nitrogen and oxygen atoms in total. The van der Waals surface area contributed by atoms with Crippen molar-refractivity contribution >= 4 is 43.8 Å². The predicted molar refractivity (Wildman–Crippen MR) is 263 cm³/mol. The second-order valence-corrected chi connectivity index (χ2v) is 19.2. The summed E-state index contributed by atoms with van der Waals surface area (Å²) in [5.74, 6) is 0.796. The SMILES string of the molecule is CC(C)(C)c1cccc(-c2cc(C(C)(C)C)cc(-c3ccccc3)c2-[n+]2[c-]n(-c3cccc(Cc4ccc5c6ccccc6n(-c6nccc7ccoc67)c5c4)c3)c3ccccc32)c1. The average Bonchev–Trinajstić information content (AvgIpc) is 4.03. The van der Waals surface area contributed by atoms with Crippen molar-refractivity contribution in [3.63, 3.8) is 0 Å². The first-order valence-corrected chi connectivity index (χ1v) is 22.2. The molecule has 4 heterocycles. The van der Waals surface area contributed by atoms with Crippen LogP contribution in [0.5, 0.6) is 0 Å². The smallest absolute Gasteiger partial charge is 0.269 e. The molecule has 11 rings (SSSR count). The molecule has 0 atom stereocenters. The summed E-state index contributed by atoms with van der Waals surface area (Å²) in [5, 5.41) is 3.41. The zero-order valence-corrected chi connectivity index (χ0v) is 37.2. The summed E-state index contributed by atoms with van der Waals surface area (Å²) in [5.41, 5.74) is 17.0. The van der Waals surface area contributed by atoms with Gasteiger partial charge in [-0.15, -0.1) is 0 Å². The Morgan fingerprint density at radius 2 is 1.25 bits per heavy atom. The molecule has 0 radical (unpaired) electrons. The van der Waals surface area contributed by atoms with Crippen LogP contribution in [0.25, 0.3) is 83.3 Å². The zero-order valence-electron chi connectivity index (χ0n) is 37.2. The number of fused-ring (bicyclic) bond motifs is 5. The van der Waals surface area contributed by atoms with E-state index in [0.717, 1.165) is 56.6 Å². The molecule has 0 amide bonds. The lowest BCUT2D eigenvalue weighted by Gasteiger charge is -2.26. The van der Waals surface area contributed by atoms with Crippen LogP contribution in [-0.4, -0.2) is 14.1 Å². The van der Waals surface area contributed by atoms with Crippen LogP contribution in [-0.2, 0) is 17.3 Å². The lowest BCUT2D eigenvalue weighted by atomic mass is 9.81. The number of para-hydroxylation sites is 3. The molecule has 0 aliphatic rings. The predicted octanol–water partition coefficient (Wildman–Crippen LogP) is 14.5. The number of furan rings is 1. The molecule has 312 valence electrons. The molecule has 5 heteroatoms. The van der Waals surface area contributed by atoms with Gasteiger partial charge in [0.1, 0.15) is 0 Å². The van der Waals surface area contributed by atoms with E-state index in [1.54, 1.807) is 6.26 Å². The van der Waals surface area contributed by atoms with E-state index in [2.05, 4.69) is 219 Å². The second-order valence-electron chi connectivity index (χ2n) is 19.2. The van der Waals surface area contributed by atoms with E-state index in [1.165, 1.54) is 55.3 Å². The van der Waals surface area contributed by atoms with Crippen molar-refractivity contribution in [3.8, 4) is 39.4 Å². The van der Waals surface area contributed by atoms with E-state index >= 15 is 0 Å². The molecule has 64 heavy (non-hydrogen) atoms. The third kappa shape index (κ3) is 6.80. The van der Waals surface area contributed by atoms with Crippen molar-refractivity contribution in [2.75, 3.05) is 0 Å². The molecule has 0 aliphatic heterocycles. The van der Waals surface area contributed by atoms with Crippen LogP contribution in [0.15, 0.2) is 187 Å². The van der Waals surface area contributed by atoms with Crippen molar-refractivity contribution in [3.05, 3.63) is 211 Å². The maximum atomic E-state index is 6.02. The van der Waals surface area contributed by atoms with Gasteiger partial charge in [-0.3, -0.25) is 13.7 Å². The molecule has 11 aromatic rings. The lowest BCUT2D eigenvalue weighted by molar-refractivity contribution is -0.571. The summed E-state index contributed by atoms with van der Waals surface area (Å²) in [7, 11) is 0. The number of benzene rings is 7. The Hall–Kier alpha value is -7.50. The number of rotatable bonds is 7. The molecule has 0 spiro atoms. The molecule has 0 saturated carbocycles. The van der Waals surface area contributed by atoms with Gasteiger partial charge in [0.15, 0.2) is 11.4 Å². The van der Waals surface area contributed by atoms with Gasteiger partial charge in [-0.1, -0.05) is 175 Å². The van der Waals surface area contributed by atoms with E-state index in [4.69, 9.17) is 9.40 Å². The maximum absolute atomic E-state index is 6.02. The van der Waals surface area contributed by atoms with E-state index in [1.807, 2.05) is 18.3 Å². The van der Waals surface area contributed by atoms with Gasteiger partial charge in [0, 0.05) is 22.4 Å². The molecule has 7 aromatic carbocycles. The Balaban J connectivity index is 1.07. The van der Waals surface area contributed by atoms with Crippen molar-refractivity contribution in [1.29, 1.82) is 0 Å². The maximum Gasteiger partial charge on any atom is 0.269 e. The van der Waals surface area contributed by atoms with Crippen LogP contribution in [0.4, 0.5) is 0 Å². The van der Waals surface area contributed by atoms with Gasteiger partial charge in [0.05, 0.1) is 39.7 Å². The van der Waals surface area contributed by atoms with Crippen LogP contribution in [0, 0.1) is 6.33 Å². The number of aromatic nitrogens is 4. The van der Waals surface area contributed by atoms with Crippen molar-refractivity contribution < 1.29 is 8.98 Å². The van der Waals surface area contributed by atoms with Gasteiger partial charge in [-0.05, 0) is 98.2 Å². The minimum atomic E-state index is -0.0767. The number of pyridine rings is 1. The molecule has 0 saturated heterocycles. The van der Waals surface area contributed by atoms with Crippen LogP contribution in [0.2, 0.25) is 0 Å². The number of nitrogens with zero attached hydrogens (tertiary/aromatic N) is 4. The fraction of sp³-hybridized carbons (Fsp3) is 0.153. The zero-order chi connectivity index (χ0) is 43.7. The fourth-order valence-electron chi connectivity index (χ4n) is 9.37. The summed E-state index contributed by atoms with van der Waals surface area (Å²) >= 11 is 0. The van der Waals surface area contributed by atoms with E-state index < -0.39 is 0 Å². The van der Waals surface area contributed by atoms with Crippen molar-refractivity contribution in [2.24, 2.45) is 0 Å². The molecule has 0 aliphatic carbocycles. The Kier molecular flexibility index (Phi) is 9.28. The highest BCUT2D eigenvalue weighted by Gasteiger charge is 2.25. The fourth-order valence-corrected chi connectivity index (χ4v) is 9.37. The van der Waals surface area contributed by atoms with Gasteiger partial charge in [0.2, 0.25) is 0 Å². The topological polar surface area (TPSA) is 39.8 Å². The lowest BCUT2D eigenvalue weighted by Crippen LogP contribution is -2.32. The van der Waals surface area contributed by atoms with Crippen LogP contribution < -0.4 is 4.57 Å². The van der Waals surface area contributed by atoms with Gasteiger partial charge < -0.3 is 4.42 Å². The standard InChI is InChI=1S/C59H50N4O/c1-58(2,3)44-20-15-19-43(35-44)50-37-45(59(4,5)6)36-49(41-17-8-7-9-18-41)55(50)62-38-61(52-24-12-13-25-53(52)62)46-21-14-16-39(33-46)32-40-26-27-48-47-22-10-11-23-51(47)63(54(48)34-40)57-56-42(28-30-60-57)29-31-64-56/h7-31,33-37H,32H2,1-6H3. The highest BCUT2D eigenvalue weighted by atomic mass is 16.3. The van der Waals surface area contributed by atoms with Crippen LogP contribution in [0.3, 0.4) is 0 Å². The summed E-state index contributed by atoms with van der Waals surface area (Å²) in [6, 6.07) is 61.8. The van der Waals surface area contributed by atoms with Gasteiger partial charge in [0.25, 0.3) is 6.33 Å². The van der Waals surface area contributed by atoms with E-state index in [0.29, 0.717) is 0 Å². The first-order chi connectivity index (χ1) is 31.0. The molecular weight excluding hydrogens is 781 g/mol. The van der Waals surface area contributed by atoms with E-state index in [-0.39, 0.29) is 10.8 Å². The van der Waals surface area contributed by atoms with Gasteiger partial charge in [-0.25, -0.2) is 4.98 Å². The molecule has 0 N–H and O–H groups in total. The van der Waals surface area contributed by atoms with Gasteiger partial charge in [-0.2, -0.15) is 0 Å². The minimum absolute atomic E-state index is 0.00364. The summed E-state index contributed by atoms with van der Waals surface area (Å²) < 4.78 is 12.8. The van der Waals surface area contributed by atoms with Crippen molar-refractivity contribution in [1.82, 2.24) is 14.1 Å². The normalized spacial score (nSPS) is 12.3. The Bertz CT molecular complexity index is 3550. The minimum Gasteiger partial charge on any atom is -0.460 e. The highest BCUT2D eigenvalue weighted by Crippen LogP contribution is 2.40. The summed E-state index contributed by atoms with van der Waals surface area (Å²) in [4.78, 5) is 4.86. The number of hydrogen-bond donors (Lipinski definition) is 0. The van der Waals surface area contributed by atoms with Crippen LogP contribution in [0.1, 0.15) is 63.8 Å². The summed E-state index contributed by atoms with van der Waals surface area (Å²) in [6.45, 7) is 13.8. The number of hydrogen-bond acceptors (Lipinski definition) is 2. The van der Waals surface area contributed by atoms with E-state index in [9.17, 15) is 0 Å². The number of imidazole rings is 1. The monoisotopic (exact) mass is 830 g/mol. The van der Waals surface area contributed by atoms with Gasteiger partial charge >= 0.3 is 0 Å². The van der Waals surface area contributed by atoms with Crippen LogP contribution >= 0.6 is 0 Å². The largest absolute Gasteiger partial charge is 0.460 e. The Labute approximate surface area is 374 Å². The Morgan fingerprint density at radius 1 is 0.562 bits per heavy atom. The molecule has 0 unspecified atom stereocenters. The first kappa shape index (κ1) is 39.4. The first-order valence-electron chi connectivity index (χ1n) is 22.2. The summed E-state index contributed by atoms with van der Waals surface area (Å²) in [6.07, 6.45) is 8.29. The highest BCUT2D eigenvalue weighted by molar-refractivity contribution is 6.10. The molecule has 4 aromatic heterocycles. The average molecular weight is 831 g/mol. The third-order valence-corrected chi connectivity index (χ3v) is 12.8. The molecule has 0 fully saturated rings. The second kappa shape index (κ2) is 15.1. The molecule has 0 bridgehead atoms.